The van der Waals surface area contributed by atoms with Crippen LogP contribution >= 0.6 is 0 Å². The molecular weight excluding hydrogens is 348 g/mol. The standard InChI is InChI=1S/C26H22.C3H8/c1-3-13-22-23-18-11-12-19-25(23)26(24(22)4-2,20-14-7-5-8-15-20)21-16-9-6-10-17-21;1-3-2/h3-19H,2H2,1H3;3H2,1-2H3/b13-3-;. The minimum atomic E-state index is -0.338. The van der Waals surface area contributed by atoms with Crippen molar-refractivity contribution in [1.82, 2.24) is 0 Å². The number of hydrogen-bond donors (Lipinski definition) is 0. The quantitative estimate of drug-likeness (QED) is 0.432. The molecule has 0 spiro atoms. The van der Waals surface area contributed by atoms with Gasteiger partial charge in [-0.25, -0.2) is 0 Å². The second kappa shape index (κ2) is 9.39. The Morgan fingerprint density at radius 2 is 1.24 bits per heavy atom. The van der Waals surface area contributed by atoms with Crippen LogP contribution in [0.2, 0.25) is 0 Å². The average Bonchev–Trinajstić information content (AvgIpc) is 3.06. The van der Waals surface area contributed by atoms with Crippen LogP contribution in [0, 0.1) is 0 Å². The lowest BCUT2D eigenvalue weighted by Gasteiger charge is -2.34. The van der Waals surface area contributed by atoms with E-state index in [1.165, 1.54) is 39.8 Å². The van der Waals surface area contributed by atoms with Gasteiger partial charge in [0, 0.05) is 0 Å². The molecule has 0 heteroatoms. The lowest BCUT2D eigenvalue weighted by atomic mass is 9.67. The number of benzene rings is 3. The maximum atomic E-state index is 4.21. The van der Waals surface area contributed by atoms with Crippen LogP contribution in [0.3, 0.4) is 0 Å². The Hall–Kier alpha value is -3.12. The molecule has 0 nitrogen and oxygen atoms in total. The summed E-state index contributed by atoms with van der Waals surface area (Å²) in [5.74, 6) is 0. The van der Waals surface area contributed by atoms with E-state index in [2.05, 4.69) is 124 Å². The molecule has 4 rings (SSSR count). The molecule has 29 heavy (non-hydrogen) atoms. The Bertz CT molecular complexity index is 965. The molecule has 3 aromatic carbocycles. The highest BCUT2D eigenvalue weighted by Crippen LogP contribution is 2.54. The van der Waals surface area contributed by atoms with Gasteiger partial charge in [-0.2, -0.15) is 0 Å². The van der Waals surface area contributed by atoms with E-state index in [4.69, 9.17) is 0 Å². The van der Waals surface area contributed by atoms with E-state index < -0.39 is 0 Å². The molecule has 0 saturated carbocycles. The molecule has 0 amide bonds. The van der Waals surface area contributed by atoms with Gasteiger partial charge in [-0.05, 0) is 40.3 Å². The van der Waals surface area contributed by atoms with E-state index in [9.17, 15) is 0 Å². The Morgan fingerprint density at radius 1 is 0.759 bits per heavy atom. The maximum Gasteiger partial charge on any atom is 0.0713 e. The van der Waals surface area contributed by atoms with Gasteiger partial charge in [-0.1, -0.05) is 130 Å². The molecule has 0 fully saturated rings. The average molecular weight is 379 g/mol. The third-order valence-corrected chi connectivity index (χ3v) is 5.27. The van der Waals surface area contributed by atoms with Gasteiger partial charge >= 0.3 is 0 Å². The maximum absolute atomic E-state index is 4.21. The normalized spacial score (nSPS) is 14.3. The summed E-state index contributed by atoms with van der Waals surface area (Å²) < 4.78 is 0. The zero-order valence-electron chi connectivity index (χ0n) is 17.7. The molecule has 146 valence electrons. The van der Waals surface area contributed by atoms with Gasteiger partial charge in [0.25, 0.3) is 0 Å². The first-order valence-electron chi connectivity index (χ1n) is 10.5. The zero-order valence-corrected chi connectivity index (χ0v) is 17.7. The van der Waals surface area contributed by atoms with Crippen LogP contribution in [-0.4, -0.2) is 0 Å². The first kappa shape index (κ1) is 20.6. The highest BCUT2D eigenvalue weighted by atomic mass is 14.5. The fourth-order valence-electron chi connectivity index (χ4n) is 4.31. The van der Waals surface area contributed by atoms with Crippen LogP contribution in [0.4, 0.5) is 0 Å². The summed E-state index contributed by atoms with van der Waals surface area (Å²) in [5.41, 5.74) is 7.31. The van der Waals surface area contributed by atoms with Gasteiger partial charge in [0.05, 0.1) is 5.41 Å². The number of allylic oxidation sites excluding steroid dienone is 5. The van der Waals surface area contributed by atoms with Crippen LogP contribution < -0.4 is 0 Å². The summed E-state index contributed by atoms with van der Waals surface area (Å²) in [7, 11) is 0. The van der Waals surface area contributed by atoms with E-state index in [-0.39, 0.29) is 5.41 Å². The molecule has 0 atom stereocenters. The number of hydrogen-bond acceptors (Lipinski definition) is 0. The molecule has 3 aromatic rings. The van der Waals surface area contributed by atoms with Crippen molar-refractivity contribution in [2.24, 2.45) is 0 Å². The molecular formula is C29H30. The summed E-state index contributed by atoms with van der Waals surface area (Å²) in [4.78, 5) is 0. The second-order valence-corrected chi connectivity index (χ2v) is 7.27. The van der Waals surface area contributed by atoms with Crippen molar-refractivity contribution in [2.75, 3.05) is 0 Å². The number of rotatable bonds is 4. The second-order valence-electron chi connectivity index (χ2n) is 7.27. The monoisotopic (exact) mass is 378 g/mol. The SMILES string of the molecule is C=CC1=C(/C=C\C)c2ccccc2C1(c1ccccc1)c1ccccc1.CCC. The molecule has 0 heterocycles. The van der Waals surface area contributed by atoms with Crippen molar-refractivity contribution < 1.29 is 0 Å². The number of fused-ring (bicyclic) bond motifs is 1. The first-order valence-corrected chi connectivity index (χ1v) is 10.5. The molecule has 1 aliphatic rings. The van der Waals surface area contributed by atoms with E-state index in [0.29, 0.717) is 0 Å². The topological polar surface area (TPSA) is 0 Å². The smallest absolute Gasteiger partial charge is 0.0713 e. The van der Waals surface area contributed by atoms with E-state index in [1.807, 2.05) is 6.08 Å². The third kappa shape index (κ3) is 3.51. The van der Waals surface area contributed by atoms with Crippen molar-refractivity contribution >= 4 is 5.57 Å². The van der Waals surface area contributed by atoms with Gasteiger partial charge < -0.3 is 0 Å². The van der Waals surface area contributed by atoms with Crippen LogP contribution in [0.15, 0.2) is 115 Å². The van der Waals surface area contributed by atoms with E-state index >= 15 is 0 Å². The predicted octanol–water partition coefficient (Wildman–Crippen LogP) is 7.97. The van der Waals surface area contributed by atoms with Gasteiger partial charge in [-0.3, -0.25) is 0 Å². The summed E-state index contributed by atoms with van der Waals surface area (Å²) in [6, 6.07) is 30.3. The van der Waals surface area contributed by atoms with Crippen molar-refractivity contribution in [3.63, 3.8) is 0 Å². The Labute approximate surface area is 175 Å². The molecule has 0 aliphatic heterocycles. The minimum Gasteiger partial charge on any atom is -0.0987 e. The summed E-state index contributed by atoms with van der Waals surface area (Å²) in [6.45, 7) is 10.5. The fraction of sp³-hybridized carbons (Fsp3) is 0.172. The van der Waals surface area contributed by atoms with Crippen molar-refractivity contribution in [2.45, 2.75) is 32.6 Å². The lowest BCUT2D eigenvalue weighted by molar-refractivity contribution is 0.762. The van der Waals surface area contributed by atoms with E-state index in [1.54, 1.807) is 0 Å². The molecule has 0 saturated heterocycles. The molecule has 1 aliphatic carbocycles. The summed E-state index contributed by atoms with van der Waals surface area (Å²) in [6.07, 6.45) is 7.61. The highest BCUT2D eigenvalue weighted by Gasteiger charge is 2.45. The molecule has 0 radical (unpaired) electrons. The van der Waals surface area contributed by atoms with Crippen molar-refractivity contribution in [1.29, 1.82) is 0 Å². The molecule has 0 unspecified atom stereocenters. The fourth-order valence-corrected chi connectivity index (χ4v) is 4.31. The third-order valence-electron chi connectivity index (χ3n) is 5.27. The van der Waals surface area contributed by atoms with E-state index in [0.717, 1.165) is 0 Å². The van der Waals surface area contributed by atoms with Gasteiger partial charge in [0.1, 0.15) is 0 Å². The Morgan fingerprint density at radius 3 is 1.72 bits per heavy atom. The zero-order chi connectivity index (χ0) is 20.7. The minimum absolute atomic E-state index is 0.338. The van der Waals surface area contributed by atoms with Crippen molar-refractivity contribution in [3.8, 4) is 0 Å². The predicted molar refractivity (Wildman–Crippen MR) is 127 cm³/mol. The molecule has 0 aromatic heterocycles. The molecule has 0 N–H and O–H groups in total. The first-order chi connectivity index (χ1) is 14.2. The lowest BCUT2D eigenvalue weighted by Crippen LogP contribution is -2.29. The van der Waals surface area contributed by atoms with Crippen molar-refractivity contribution in [3.05, 3.63) is 138 Å². The van der Waals surface area contributed by atoms with Crippen LogP contribution in [0.25, 0.3) is 5.57 Å². The Balaban J connectivity index is 0.000000755. The van der Waals surface area contributed by atoms with Crippen LogP contribution in [-0.2, 0) is 5.41 Å². The Kier molecular flexibility index (Phi) is 6.67. The van der Waals surface area contributed by atoms with Gasteiger partial charge in [-0.15, -0.1) is 0 Å². The van der Waals surface area contributed by atoms with Crippen LogP contribution in [0.1, 0.15) is 49.4 Å². The summed E-state index contributed by atoms with van der Waals surface area (Å²) in [5, 5.41) is 0. The largest absolute Gasteiger partial charge is 0.0987 e. The molecule has 0 bridgehead atoms. The summed E-state index contributed by atoms with van der Waals surface area (Å²) >= 11 is 0. The highest BCUT2D eigenvalue weighted by molar-refractivity contribution is 5.91. The van der Waals surface area contributed by atoms with Gasteiger partial charge in [0.2, 0.25) is 0 Å². The van der Waals surface area contributed by atoms with Crippen LogP contribution in [0.5, 0.6) is 0 Å². The van der Waals surface area contributed by atoms with Gasteiger partial charge in [0.15, 0.2) is 0 Å².